The first-order chi connectivity index (χ1) is 8.29. The van der Waals surface area contributed by atoms with Gasteiger partial charge in [0.1, 0.15) is 0 Å². The standard InChI is InChI=1S/C13H12ClNO2/c14-7-11-6-12(16)13(8-15-11)17-9-10-4-2-1-3-5-10/h1-6,8,13H,7,9H2. The molecule has 0 amide bonds. The second kappa shape index (κ2) is 5.75. The number of nitrogens with zero attached hydrogens (tertiary/aromatic N) is 1. The van der Waals surface area contributed by atoms with Crippen LogP contribution in [0.1, 0.15) is 5.56 Å². The van der Waals surface area contributed by atoms with Crippen LogP contribution in [0.4, 0.5) is 0 Å². The van der Waals surface area contributed by atoms with Gasteiger partial charge < -0.3 is 4.74 Å². The van der Waals surface area contributed by atoms with Crippen LogP contribution >= 0.6 is 11.6 Å². The molecule has 0 saturated heterocycles. The molecule has 88 valence electrons. The van der Waals surface area contributed by atoms with E-state index in [-0.39, 0.29) is 11.7 Å². The molecule has 1 unspecified atom stereocenters. The molecule has 0 radical (unpaired) electrons. The van der Waals surface area contributed by atoms with Crippen molar-refractivity contribution in [3.8, 4) is 0 Å². The Hall–Kier alpha value is -1.45. The van der Waals surface area contributed by atoms with Gasteiger partial charge in [-0.3, -0.25) is 9.79 Å². The second-order valence-electron chi connectivity index (χ2n) is 3.67. The summed E-state index contributed by atoms with van der Waals surface area (Å²) in [6, 6.07) is 9.70. The van der Waals surface area contributed by atoms with Gasteiger partial charge >= 0.3 is 0 Å². The number of carbonyl (C=O) groups is 1. The van der Waals surface area contributed by atoms with Gasteiger partial charge in [-0.05, 0) is 5.56 Å². The molecule has 0 aliphatic carbocycles. The molecular formula is C13H12ClNO2. The maximum absolute atomic E-state index is 11.6. The second-order valence-corrected chi connectivity index (χ2v) is 3.93. The predicted octanol–water partition coefficient (Wildman–Crippen LogP) is 2.35. The fourth-order valence-corrected chi connectivity index (χ4v) is 1.63. The van der Waals surface area contributed by atoms with E-state index in [2.05, 4.69) is 4.99 Å². The molecule has 1 aromatic carbocycles. The van der Waals surface area contributed by atoms with Crippen LogP contribution in [0.15, 0.2) is 47.1 Å². The molecule has 1 aliphatic rings. The van der Waals surface area contributed by atoms with Crippen LogP contribution in [0.5, 0.6) is 0 Å². The number of hydrogen-bond donors (Lipinski definition) is 0. The summed E-state index contributed by atoms with van der Waals surface area (Å²) in [5.41, 5.74) is 1.61. The van der Waals surface area contributed by atoms with Crippen LogP contribution in [0.3, 0.4) is 0 Å². The highest BCUT2D eigenvalue weighted by Gasteiger charge is 2.19. The summed E-state index contributed by atoms with van der Waals surface area (Å²) < 4.78 is 5.49. The number of aliphatic imine (C=N–C) groups is 1. The quantitative estimate of drug-likeness (QED) is 0.769. The average molecular weight is 250 g/mol. The van der Waals surface area contributed by atoms with Gasteiger partial charge in [-0.1, -0.05) is 30.3 Å². The van der Waals surface area contributed by atoms with Gasteiger partial charge in [0.2, 0.25) is 0 Å². The Balaban J connectivity index is 1.92. The lowest BCUT2D eigenvalue weighted by molar-refractivity contribution is -0.122. The van der Waals surface area contributed by atoms with Crippen molar-refractivity contribution < 1.29 is 9.53 Å². The van der Waals surface area contributed by atoms with Gasteiger partial charge in [0, 0.05) is 12.3 Å². The van der Waals surface area contributed by atoms with Crippen molar-refractivity contribution in [2.75, 3.05) is 5.88 Å². The Morgan fingerprint density at radius 2 is 2.06 bits per heavy atom. The number of rotatable bonds is 4. The molecule has 0 aromatic heterocycles. The van der Waals surface area contributed by atoms with Crippen LogP contribution in [0.25, 0.3) is 0 Å². The highest BCUT2D eigenvalue weighted by atomic mass is 35.5. The number of ketones is 1. The molecule has 1 atom stereocenters. The Kier molecular flexibility index (Phi) is 4.07. The summed E-state index contributed by atoms with van der Waals surface area (Å²) in [7, 11) is 0. The maximum atomic E-state index is 11.6. The highest BCUT2D eigenvalue weighted by Crippen LogP contribution is 2.10. The van der Waals surface area contributed by atoms with Crippen molar-refractivity contribution in [2.45, 2.75) is 12.7 Å². The molecule has 1 aliphatic heterocycles. The molecule has 4 heteroatoms. The maximum Gasteiger partial charge on any atom is 0.191 e. The monoisotopic (exact) mass is 249 g/mol. The minimum atomic E-state index is -0.595. The topological polar surface area (TPSA) is 38.7 Å². The molecule has 0 fully saturated rings. The third kappa shape index (κ3) is 3.25. The van der Waals surface area contributed by atoms with E-state index >= 15 is 0 Å². The summed E-state index contributed by atoms with van der Waals surface area (Å²) >= 11 is 5.59. The van der Waals surface area contributed by atoms with Gasteiger partial charge in [-0.15, -0.1) is 11.6 Å². The first kappa shape index (κ1) is 12.0. The van der Waals surface area contributed by atoms with E-state index in [0.29, 0.717) is 12.3 Å². The number of hydrogen-bond acceptors (Lipinski definition) is 3. The molecule has 1 aromatic rings. The Morgan fingerprint density at radius 1 is 1.29 bits per heavy atom. The number of halogens is 1. The van der Waals surface area contributed by atoms with E-state index in [9.17, 15) is 4.79 Å². The smallest absolute Gasteiger partial charge is 0.191 e. The van der Waals surface area contributed by atoms with E-state index in [1.807, 2.05) is 30.3 Å². The van der Waals surface area contributed by atoms with Gasteiger partial charge in [-0.25, -0.2) is 0 Å². The zero-order valence-corrected chi connectivity index (χ0v) is 9.93. The number of carbonyl (C=O) groups excluding carboxylic acids is 1. The fraction of sp³-hybridized carbons (Fsp3) is 0.231. The van der Waals surface area contributed by atoms with Crippen LogP contribution in [0, 0.1) is 0 Å². The summed E-state index contributed by atoms with van der Waals surface area (Å²) in [5, 5.41) is 0. The van der Waals surface area contributed by atoms with Crippen molar-refractivity contribution in [1.82, 2.24) is 0 Å². The van der Waals surface area contributed by atoms with E-state index in [4.69, 9.17) is 16.3 Å². The van der Waals surface area contributed by atoms with Gasteiger partial charge in [0.25, 0.3) is 0 Å². The Morgan fingerprint density at radius 3 is 2.71 bits per heavy atom. The zero-order valence-electron chi connectivity index (χ0n) is 9.17. The lowest BCUT2D eigenvalue weighted by atomic mass is 10.1. The molecule has 0 N–H and O–H groups in total. The van der Waals surface area contributed by atoms with Crippen LogP contribution in [0.2, 0.25) is 0 Å². The molecule has 1 heterocycles. The van der Waals surface area contributed by atoms with Crippen molar-refractivity contribution in [3.05, 3.63) is 47.7 Å². The van der Waals surface area contributed by atoms with Crippen molar-refractivity contribution in [3.63, 3.8) is 0 Å². The number of allylic oxidation sites excluding steroid dienone is 1. The van der Waals surface area contributed by atoms with Gasteiger partial charge in [-0.2, -0.15) is 0 Å². The first-order valence-corrected chi connectivity index (χ1v) is 5.83. The van der Waals surface area contributed by atoms with E-state index < -0.39 is 6.10 Å². The van der Waals surface area contributed by atoms with E-state index in [0.717, 1.165) is 5.56 Å². The molecular weight excluding hydrogens is 238 g/mol. The van der Waals surface area contributed by atoms with Crippen LogP contribution < -0.4 is 0 Å². The largest absolute Gasteiger partial charge is 0.360 e. The number of ether oxygens (including phenoxy) is 1. The SMILES string of the molecule is O=C1C=C(CCl)N=CC1OCc1ccccc1. The normalized spacial score (nSPS) is 19.2. The van der Waals surface area contributed by atoms with Crippen molar-refractivity contribution in [2.24, 2.45) is 4.99 Å². The summed E-state index contributed by atoms with van der Waals surface area (Å²) in [6.07, 6.45) is 2.34. The highest BCUT2D eigenvalue weighted by molar-refractivity contribution is 6.20. The van der Waals surface area contributed by atoms with Gasteiger partial charge in [0.15, 0.2) is 11.9 Å². The van der Waals surface area contributed by atoms with Gasteiger partial charge in [0.05, 0.1) is 18.2 Å². The molecule has 3 nitrogen and oxygen atoms in total. The zero-order chi connectivity index (χ0) is 12.1. The van der Waals surface area contributed by atoms with E-state index in [1.54, 1.807) is 0 Å². The Bertz CT molecular complexity index is 454. The molecule has 0 bridgehead atoms. The molecule has 0 spiro atoms. The minimum absolute atomic E-state index is 0.105. The molecule has 2 rings (SSSR count). The van der Waals surface area contributed by atoms with Crippen molar-refractivity contribution >= 4 is 23.6 Å². The van der Waals surface area contributed by atoms with Crippen LogP contribution in [-0.4, -0.2) is 24.0 Å². The lowest BCUT2D eigenvalue weighted by Gasteiger charge is -2.14. The minimum Gasteiger partial charge on any atom is -0.360 e. The number of benzene rings is 1. The predicted molar refractivity (Wildman–Crippen MR) is 67.3 cm³/mol. The van der Waals surface area contributed by atoms with Crippen LogP contribution in [-0.2, 0) is 16.1 Å². The summed E-state index contributed by atoms with van der Waals surface area (Å²) in [5.74, 6) is 0.139. The first-order valence-electron chi connectivity index (χ1n) is 5.29. The third-order valence-electron chi connectivity index (χ3n) is 2.37. The molecule has 0 saturated carbocycles. The summed E-state index contributed by atoms with van der Waals surface area (Å²) in [4.78, 5) is 15.7. The molecule has 17 heavy (non-hydrogen) atoms. The summed E-state index contributed by atoms with van der Waals surface area (Å²) in [6.45, 7) is 0.396. The lowest BCUT2D eigenvalue weighted by Crippen LogP contribution is -2.27. The Labute approximate surface area is 105 Å². The average Bonchev–Trinajstić information content (AvgIpc) is 2.38. The fourth-order valence-electron chi connectivity index (χ4n) is 1.48. The third-order valence-corrected chi connectivity index (χ3v) is 2.65. The van der Waals surface area contributed by atoms with E-state index in [1.165, 1.54) is 12.3 Å². The number of alkyl halides is 1. The van der Waals surface area contributed by atoms with Crippen molar-refractivity contribution in [1.29, 1.82) is 0 Å².